The van der Waals surface area contributed by atoms with Gasteiger partial charge < -0.3 is 1.43 Å². The van der Waals surface area contributed by atoms with Crippen LogP contribution in [0.4, 0.5) is 0 Å². The summed E-state index contributed by atoms with van der Waals surface area (Å²) in [6.07, 6.45) is 26.3. The molecule has 8 atom stereocenters. The third kappa shape index (κ3) is 7.04. The van der Waals surface area contributed by atoms with Gasteiger partial charge in [0.1, 0.15) is 0 Å². The fourth-order valence-electron chi connectivity index (χ4n) is 12.5. The third-order valence-electron chi connectivity index (χ3n) is 14.8. The van der Waals surface area contributed by atoms with Gasteiger partial charge >= 0.3 is 29.6 Å². The van der Waals surface area contributed by atoms with Crippen molar-refractivity contribution in [3.8, 4) is 0 Å². The molecule has 8 unspecified atom stereocenters. The second-order valence-electron chi connectivity index (χ2n) is 17.2. The molecule has 6 heterocycles. The quantitative estimate of drug-likeness (QED) is 0.0985. The van der Waals surface area contributed by atoms with Crippen molar-refractivity contribution < 1.29 is 40.6 Å². The van der Waals surface area contributed by atoms with E-state index in [0.29, 0.717) is 62.2 Å². The summed E-state index contributed by atoms with van der Waals surface area (Å²) in [6.45, 7) is 0. The standard InChI is InChI=1S/C32H56N8.C4H4BrNO2.Na.H/c1-2-10-18-17(9-1)25-33-26(18)38-28-21-13-5-6-14-22(21)30(35-28)40-32-24-16-8-7-15-23(24)31(36-32)39-29-20-12-4-3-11-19(20)27(34-29)37-25;5-6-3(7)1-2-4(6)8;;/h17-40H,1-16H2;1-2H2;;/q;;+1;-1. The van der Waals surface area contributed by atoms with Gasteiger partial charge in [-0.25, -0.2) is 3.93 Å². The van der Waals surface area contributed by atoms with Crippen LogP contribution in [-0.4, -0.2) is 65.1 Å². The van der Waals surface area contributed by atoms with Gasteiger partial charge in [0.25, 0.3) is 0 Å². The summed E-state index contributed by atoms with van der Waals surface area (Å²) in [5, 5.41) is 33.8. The first-order valence-electron chi connectivity index (χ1n) is 20.1. The first-order chi connectivity index (χ1) is 23.5. The number of hydrogen-bond acceptors (Lipinski definition) is 10. The Bertz CT molecular complexity index is 986. The molecule has 0 aromatic carbocycles. The topological polar surface area (TPSA) is 134 Å². The first-order valence-corrected chi connectivity index (χ1v) is 20.8. The zero-order chi connectivity index (χ0) is 32.4. The molecule has 6 saturated heterocycles. The van der Waals surface area contributed by atoms with Gasteiger partial charge in [0, 0.05) is 12.8 Å². The van der Waals surface area contributed by atoms with Gasteiger partial charge in [0.2, 0.25) is 11.8 Å². The fourth-order valence-corrected chi connectivity index (χ4v) is 12.9. The van der Waals surface area contributed by atoms with Crippen LogP contribution in [0.1, 0.15) is 117 Å². The molecule has 0 aromatic rings. The second-order valence-corrected chi connectivity index (χ2v) is 17.9. The SMILES string of the molecule is C1CCC2C3NC(NC4NC(NC5NC(NC6NC(N3)C3CCCCC63)C3CCCCC53)C3CCCCC43)C2C1.O=C1CCC(=O)N1Br.[H-].[Na+]. The van der Waals surface area contributed by atoms with E-state index in [-0.39, 0.29) is 42.8 Å². The Morgan fingerprint density at radius 1 is 0.388 bits per heavy atom. The fraction of sp³-hybridized carbons (Fsp3) is 0.944. The van der Waals surface area contributed by atoms with E-state index >= 15 is 0 Å². The summed E-state index contributed by atoms with van der Waals surface area (Å²) in [5.41, 5.74) is 0. The van der Waals surface area contributed by atoms with Gasteiger partial charge in [-0.2, -0.15) is 0 Å². The Kier molecular flexibility index (Phi) is 11.5. The van der Waals surface area contributed by atoms with Crippen LogP contribution in [0.15, 0.2) is 0 Å². The molecular formula is C36H61BrN9NaO2. The van der Waals surface area contributed by atoms with Gasteiger partial charge in [-0.1, -0.05) is 51.4 Å². The molecule has 4 aliphatic carbocycles. The number of nitrogens with zero attached hydrogens (tertiary/aromatic N) is 1. The van der Waals surface area contributed by atoms with Crippen LogP contribution in [0, 0.1) is 47.3 Å². The maximum atomic E-state index is 10.4. The molecule has 11 nitrogen and oxygen atoms in total. The van der Waals surface area contributed by atoms with Gasteiger partial charge in [-0.05, 0) is 98.7 Å². The first kappa shape index (κ1) is 36.3. The smallest absolute Gasteiger partial charge is 1.00 e. The maximum Gasteiger partial charge on any atom is 1.00 e. The summed E-state index contributed by atoms with van der Waals surface area (Å²) < 4.78 is 0.979. The molecule has 0 spiro atoms. The van der Waals surface area contributed by atoms with Crippen LogP contribution < -0.4 is 72.1 Å². The van der Waals surface area contributed by atoms with Crippen molar-refractivity contribution >= 4 is 28.0 Å². The number of carbonyl (C=O) groups excluding carboxylic acids is 2. The molecule has 49 heavy (non-hydrogen) atoms. The van der Waals surface area contributed by atoms with Crippen molar-refractivity contribution in [3.63, 3.8) is 0 Å². The van der Waals surface area contributed by atoms with E-state index in [9.17, 15) is 9.59 Å². The average molecular weight is 755 g/mol. The Morgan fingerprint density at radius 3 is 0.673 bits per heavy atom. The van der Waals surface area contributed by atoms with E-state index in [2.05, 4.69) is 58.7 Å². The maximum absolute atomic E-state index is 10.4. The van der Waals surface area contributed by atoms with Gasteiger partial charge in [0.15, 0.2) is 0 Å². The van der Waals surface area contributed by atoms with E-state index in [0.717, 1.165) is 51.3 Å². The molecule has 10 rings (SSSR count). The molecule has 10 aliphatic rings. The summed E-state index contributed by atoms with van der Waals surface area (Å²) >= 11 is 2.80. The summed E-state index contributed by atoms with van der Waals surface area (Å²) in [5.74, 6) is 5.68. The molecule has 10 fully saturated rings. The van der Waals surface area contributed by atoms with Crippen LogP contribution in [0.5, 0.6) is 0 Å². The predicted octanol–water partition coefficient (Wildman–Crippen LogP) is 0.167. The van der Waals surface area contributed by atoms with Gasteiger partial charge in [-0.3, -0.25) is 52.1 Å². The number of imide groups is 1. The number of halogens is 1. The van der Waals surface area contributed by atoms with Crippen molar-refractivity contribution in [2.75, 3.05) is 0 Å². The summed E-state index contributed by atoms with van der Waals surface area (Å²) in [4.78, 5) is 20.9. The molecule has 8 N–H and O–H groups in total. The molecule has 4 saturated carbocycles. The molecule has 13 heteroatoms. The number of rotatable bonds is 0. The molecule has 8 bridgehead atoms. The number of nitrogens with one attached hydrogen (secondary N) is 8. The minimum atomic E-state index is -0.144. The number of carbonyl (C=O) groups is 2. The van der Waals surface area contributed by atoms with Crippen LogP contribution in [0.3, 0.4) is 0 Å². The third-order valence-corrected chi connectivity index (χ3v) is 15.6. The van der Waals surface area contributed by atoms with Crippen LogP contribution >= 0.6 is 16.1 Å². The van der Waals surface area contributed by atoms with Crippen LogP contribution in [0.2, 0.25) is 0 Å². The zero-order valence-electron chi connectivity index (χ0n) is 30.6. The second kappa shape index (κ2) is 15.6. The normalized spacial score (nSPS) is 50.3. The van der Waals surface area contributed by atoms with Crippen molar-refractivity contribution in [2.45, 2.75) is 165 Å². The van der Waals surface area contributed by atoms with Crippen LogP contribution in [0.25, 0.3) is 0 Å². The van der Waals surface area contributed by atoms with Gasteiger partial charge in [0.05, 0.1) is 65.5 Å². The Morgan fingerprint density at radius 2 is 0.551 bits per heavy atom. The molecule has 0 radical (unpaired) electrons. The van der Waals surface area contributed by atoms with Crippen molar-refractivity contribution in [2.24, 2.45) is 47.3 Å². The molecule has 270 valence electrons. The Hall–Kier alpha value is 0.300. The van der Waals surface area contributed by atoms with Crippen molar-refractivity contribution in [1.29, 1.82) is 0 Å². The summed E-state index contributed by atoms with van der Waals surface area (Å²) in [6, 6.07) is 0. The zero-order valence-corrected chi connectivity index (χ0v) is 33.2. The predicted molar refractivity (Wildman–Crippen MR) is 188 cm³/mol. The monoisotopic (exact) mass is 753 g/mol. The van der Waals surface area contributed by atoms with E-state index < -0.39 is 0 Å². The summed E-state index contributed by atoms with van der Waals surface area (Å²) in [7, 11) is 0. The Balaban J connectivity index is 0.000000349. The minimum absolute atomic E-state index is 0. The largest absolute Gasteiger partial charge is 1.00 e. The van der Waals surface area contributed by atoms with E-state index in [1.165, 1.54) is 103 Å². The van der Waals surface area contributed by atoms with Gasteiger partial charge in [-0.15, -0.1) is 0 Å². The van der Waals surface area contributed by atoms with Crippen molar-refractivity contribution in [3.05, 3.63) is 0 Å². The van der Waals surface area contributed by atoms with E-state index in [1.807, 2.05) is 0 Å². The Labute approximate surface area is 325 Å². The molecule has 0 aromatic heterocycles. The number of amides is 2. The van der Waals surface area contributed by atoms with Crippen molar-refractivity contribution in [1.82, 2.24) is 46.5 Å². The van der Waals surface area contributed by atoms with Crippen LogP contribution in [-0.2, 0) is 9.59 Å². The van der Waals surface area contributed by atoms with E-state index in [4.69, 9.17) is 0 Å². The van der Waals surface area contributed by atoms with E-state index in [1.54, 1.807) is 0 Å². The average Bonchev–Trinajstić information content (AvgIpc) is 3.91. The minimum Gasteiger partial charge on any atom is -1.00 e. The molecule has 6 aliphatic heterocycles. The number of hydrogen-bond donors (Lipinski definition) is 8. The molecule has 2 amide bonds. The molecular weight excluding hydrogens is 693 g/mol. The number of fused-ring (bicyclic) bond motifs is 20.